The molecule has 0 fully saturated rings. The predicted octanol–water partition coefficient (Wildman–Crippen LogP) is 5.18. The number of benzene rings is 2. The molecule has 0 atom stereocenters. The molecule has 0 unspecified atom stereocenters. The van der Waals surface area contributed by atoms with Gasteiger partial charge in [-0.25, -0.2) is 8.42 Å². The zero-order valence-corrected chi connectivity index (χ0v) is 17.6. The standard InChI is InChI=1S/C23H29NO4S/c1-2-3-4-5-6-9-18-29(27,28)22-11-8-7-10-21(22)24-23(26)17-14-19-12-15-20(25)16-13-19/h7-8,10-17,25H,2-6,9,18H2,1H3,(H,24,26). The van der Waals surface area contributed by atoms with Crippen molar-refractivity contribution in [1.29, 1.82) is 0 Å². The molecule has 2 aromatic carbocycles. The van der Waals surface area contributed by atoms with E-state index in [1.54, 1.807) is 36.4 Å². The number of sulfone groups is 1. The summed E-state index contributed by atoms with van der Waals surface area (Å²) in [5.74, 6) is -0.189. The van der Waals surface area contributed by atoms with Gasteiger partial charge in [-0.15, -0.1) is 0 Å². The van der Waals surface area contributed by atoms with E-state index >= 15 is 0 Å². The number of para-hydroxylation sites is 1. The summed E-state index contributed by atoms with van der Waals surface area (Å²) in [7, 11) is -3.47. The molecule has 0 spiro atoms. The van der Waals surface area contributed by atoms with Gasteiger partial charge < -0.3 is 10.4 Å². The van der Waals surface area contributed by atoms with Crippen molar-refractivity contribution in [2.24, 2.45) is 0 Å². The van der Waals surface area contributed by atoms with Crippen LogP contribution in [0, 0.1) is 0 Å². The predicted molar refractivity (Wildman–Crippen MR) is 118 cm³/mol. The average molecular weight is 416 g/mol. The summed E-state index contributed by atoms with van der Waals surface area (Å²) in [5.41, 5.74) is 1.04. The smallest absolute Gasteiger partial charge is 0.248 e. The van der Waals surface area contributed by atoms with E-state index in [4.69, 9.17) is 0 Å². The molecule has 156 valence electrons. The van der Waals surface area contributed by atoms with Gasteiger partial charge in [0, 0.05) is 6.08 Å². The van der Waals surface area contributed by atoms with Gasteiger partial charge in [0.1, 0.15) is 5.75 Å². The first-order valence-electron chi connectivity index (χ1n) is 10.0. The number of hydrogen-bond donors (Lipinski definition) is 2. The van der Waals surface area contributed by atoms with Gasteiger partial charge in [-0.3, -0.25) is 4.79 Å². The van der Waals surface area contributed by atoms with Crippen LogP contribution in [0.3, 0.4) is 0 Å². The van der Waals surface area contributed by atoms with Crippen LogP contribution in [0.1, 0.15) is 51.0 Å². The highest BCUT2D eigenvalue weighted by atomic mass is 32.2. The van der Waals surface area contributed by atoms with E-state index in [2.05, 4.69) is 12.2 Å². The summed E-state index contributed by atoms with van der Waals surface area (Å²) in [5, 5.41) is 12.0. The number of hydrogen-bond acceptors (Lipinski definition) is 4. The van der Waals surface area contributed by atoms with Crippen molar-refractivity contribution in [1.82, 2.24) is 0 Å². The highest BCUT2D eigenvalue weighted by molar-refractivity contribution is 7.91. The van der Waals surface area contributed by atoms with E-state index in [0.29, 0.717) is 12.1 Å². The fourth-order valence-corrected chi connectivity index (χ4v) is 4.50. The van der Waals surface area contributed by atoms with Crippen LogP contribution in [-0.2, 0) is 14.6 Å². The Hall–Kier alpha value is -2.60. The molecule has 0 bridgehead atoms. The van der Waals surface area contributed by atoms with Crippen LogP contribution in [0.5, 0.6) is 5.75 Å². The van der Waals surface area contributed by atoms with Crippen LogP contribution in [-0.4, -0.2) is 25.2 Å². The maximum absolute atomic E-state index is 12.7. The second-order valence-electron chi connectivity index (χ2n) is 7.00. The van der Waals surface area contributed by atoms with Crippen LogP contribution in [0.25, 0.3) is 6.08 Å². The zero-order valence-electron chi connectivity index (χ0n) is 16.8. The second-order valence-corrected chi connectivity index (χ2v) is 9.07. The number of unbranched alkanes of at least 4 members (excludes halogenated alkanes) is 5. The molecule has 6 heteroatoms. The molecule has 29 heavy (non-hydrogen) atoms. The van der Waals surface area contributed by atoms with E-state index < -0.39 is 15.7 Å². The zero-order chi connectivity index (χ0) is 21.1. The van der Waals surface area contributed by atoms with Gasteiger partial charge >= 0.3 is 0 Å². The van der Waals surface area contributed by atoms with Crippen molar-refractivity contribution in [3.05, 3.63) is 60.2 Å². The number of phenols is 1. The molecule has 2 rings (SSSR count). The Morgan fingerprint density at radius 1 is 0.966 bits per heavy atom. The SMILES string of the molecule is CCCCCCCCS(=O)(=O)c1ccccc1NC(=O)C=Cc1ccc(O)cc1. The summed E-state index contributed by atoms with van der Waals surface area (Å²) in [6.07, 6.45) is 8.97. The van der Waals surface area contributed by atoms with Crippen molar-refractivity contribution in [3.63, 3.8) is 0 Å². The van der Waals surface area contributed by atoms with Crippen molar-refractivity contribution >= 4 is 27.5 Å². The molecule has 2 aromatic rings. The molecule has 0 heterocycles. The molecule has 5 nitrogen and oxygen atoms in total. The Morgan fingerprint density at radius 3 is 2.34 bits per heavy atom. The van der Waals surface area contributed by atoms with E-state index in [0.717, 1.165) is 31.2 Å². The number of anilines is 1. The lowest BCUT2D eigenvalue weighted by molar-refractivity contribution is -0.111. The molecule has 0 aliphatic carbocycles. The Balaban J connectivity index is 1.99. The topological polar surface area (TPSA) is 83.5 Å². The van der Waals surface area contributed by atoms with Crippen molar-refractivity contribution < 1.29 is 18.3 Å². The molecule has 0 aliphatic rings. The fraction of sp³-hybridized carbons (Fsp3) is 0.348. The van der Waals surface area contributed by atoms with Crippen LogP contribution in [0.15, 0.2) is 59.5 Å². The van der Waals surface area contributed by atoms with Gasteiger partial charge in [0.2, 0.25) is 5.91 Å². The Labute approximate surface area is 173 Å². The number of aromatic hydroxyl groups is 1. The maximum Gasteiger partial charge on any atom is 0.248 e. The third-order valence-electron chi connectivity index (χ3n) is 4.57. The number of nitrogens with one attached hydrogen (secondary N) is 1. The van der Waals surface area contributed by atoms with Crippen LogP contribution < -0.4 is 5.32 Å². The summed E-state index contributed by atoms with van der Waals surface area (Å²) >= 11 is 0. The molecule has 0 radical (unpaired) electrons. The van der Waals surface area contributed by atoms with Gasteiger partial charge in [0.05, 0.1) is 16.3 Å². The number of carbonyl (C=O) groups excluding carboxylic acids is 1. The lowest BCUT2D eigenvalue weighted by Crippen LogP contribution is -2.14. The number of rotatable bonds is 11. The third-order valence-corrected chi connectivity index (χ3v) is 6.42. The third kappa shape index (κ3) is 7.74. The van der Waals surface area contributed by atoms with Gasteiger partial charge in [-0.2, -0.15) is 0 Å². The molecular weight excluding hydrogens is 386 g/mol. The largest absolute Gasteiger partial charge is 0.508 e. The first kappa shape index (κ1) is 22.7. The van der Waals surface area contributed by atoms with Gasteiger partial charge in [-0.1, -0.05) is 63.3 Å². The summed E-state index contributed by atoms with van der Waals surface area (Å²) in [6, 6.07) is 12.9. The van der Waals surface area contributed by atoms with E-state index in [1.807, 2.05) is 0 Å². The van der Waals surface area contributed by atoms with Crippen molar-refractivity contribution in [2.45, 2.75) is 50.3 Å². The molecule has 2 N–H and O–H groups in total. The minimum atomic E-state index is -3.47. The summed E-state index contributed by atoms with van der Waals surface area (Å²) < 4.78 is 25.5. The van der Waals surface area contributed by atoms with Crippen LogP contribution >= 0.6 is 0 Å². The normalized spacial score (nSPS) is 11.6. The van der Waals surface area contributed by atoms with Crippen LogP contribution in [0.4, 0.5) is 5.69 Å². The van der Waals surface area contributed by atoms with E-state index in [1.165, 1.54) is 30.7 Å². The fourth-order valence-electron chi connectivity index (χ4n) is 2.96. The number of phenolic OH excluding ortho intramolecular Hbond substituents is 1. The molecule has 0 aromatic heterocycles. The average Bonchev–Trinajstić information content (AvgIpc) is 2.70. The van der Waals surface area contributed by atoms with Gasteiger partial charge in [0.25, 0.3) is 0 Å². The highest BCUT2D eigenvalue weighted by Crippen LogP contribution is 2.23. The monoisotopic (exact) mass is 415 g/mol. The molecule has 0 saturated carbocycles. The minimum Gasteiger partial charge on any atom is -0.508 e. The molecule has 0 aliphatic heterocycles. The van der Waals surface area contributed by atoms with E-state index in [9.17, 15) is 18.3 Å². The van der Waals surface area contributed by atoms with Crippen molar-refractivity contribution in [3.8, 4) is 5.75 Å². The Morgan fingerprint density at radius 2 is 1.62 bits per heavy atom. The molecular formula is C23H29NO4S. The highest BCUT2D eigenvalue weighted by Gasteiger charge is 2.18. The lowest BCUT2D eigenvalue weighted by atomic mass is 10.1. The quantitative estimate of drug-likeness (QED) is 0.391. The Kier molecular flexibility index (Phi) is 8.93. The minimum absolute atomic E-state index is 0.0787. The summed E-state index contributed by atoms with van der Waals surface area (Å²) in [4.78, 5) is 12.4. The lowest BCUT2D eigenvalue weighted by Gasteiger charge is -2.11. The molecule has 0 saturated heterocycles. The van der Waals surface area contributed by atoms with Crippen molar-refractivity contribution in [2.75, 3.05) is 11.1 Å². The summed E-state index contributed by atoms with van der Waals surface area (Å²) in [6.45, 7) is 2.15. The first-order valence-corrected chi connectivity index (χ1v) is 11.7. The van der Waals surface area contributed by atoms with E-state index in [-0.39, 0.29) is 16.4 Å². The van der Waals surface area contributed by atoms with Gasteiger partial charge in [0.15, 0.2) is 9.84 Å². The number of amides is 1. The number of carbonyl (C=O) groups is 1. The second kappa shape index (κ2) is 11.4. The first-order chi connectivity index (χ1) is 13.9. The molecule has 1 amide bonds. The van der Waals surface area contributed by atoms with Gasteiger partial charge in [-0.05, 0) is 42.3 Å². The van der Waals surface area contributed by atoms with Crippen LogP contribution in [0.2, 0.25) is 0 Å². The maximum atomic E-state index is 12.7. The Bertz CT molecular complexity index is 918.